The lowest BCUT2D eigenvalue weighted by Gasteiger charge is -2.21. The van der Waals surface area contributed by atoms with Crippen LogP contribution in [0, 0.1) is 0 Å². The molecule has 156 valence electrons. The summed E-state index contributed by atoms with van der Waals surface area (Å²) in [4.78, 5) is 4.15. The normalized spacial score (nSPS) is 18.8. The second-order valence-corrected chi connectivity index (χ2v) is 7.81. The molecule has 0 amide bonds. The summed E-state index contributed by atoms with van der Waals surface area (Å²) in [5.41, 5.74) is 20.4. The quantitative estimate of drug-likeness (QED) is 0.540. The molecule has 2 heterocycles. The summed E-state index contributed by atoms with van der Waals surface area (Å²) >= 11 is 6.07. The van der Waals surface area contributed by atoms with Crippen molar-refractivity contribution in [2.24, 2.45) is 10.7 Å². The SMILES string of the molecule is CCC1=C2c3ccc(C(C=NC)=CN)cc3C(Nc3ccc(Cl)cc3)CCN2NN1. The van der Waals surface area contributed by atoms with Crippen molar-refractivity contribution in [3.8, 4) is 0 Å². The zero-order valence-electron chi connectivity index (χ0n) is 17.2. The third-order valence-electron chi connectivity index (χ3n) is 5.54. The van der Waals surface area contributed by atoms with E-state index in [2.05, 4.69) is 51.4 Å². The zero-order valence-corrected chi connectivity index (χ0v) is 18.0. The Kier molecular flexibility index (Phi) is 5.97. The molecule has 7 heteroatoms. The molecule has 1 unspecified atom stereocenters. The highest BCUT2D eigenvalue weighted by atomic mass is 35.5. The fourth-order valence-corrected chi connectivity index (χ4v) is 4.18. The Labute approximate surface area is 182 Å². The fraction of sp³-hybridized carbons (Fsp3) is 0.261. The Balaban J connectivity index is 1.82. The van der Waals surface area contributed by atoms with Crippen LogP contribution in [0.15, 0.2) is 59.4 Å². The van der Waals surface area contributed by atoms with Crippen LogP contribution in [-0.4, -0.2) is 24.8 Å². The summed E-state index contributed by atoms with van der Waals surface area (Å²) in [6.45, 7) is 3.03. The van der Waals surface area contributed by atoms with Gasteiger partial charge in [-0.1, -0.05) is 30.7 Å². The van der Waals surface area contributed by atoms with Crippen LogP contribution in [0.3, 0.4) is 0 Å². The monoisotopic (exact) mass is 422 g/mol. The van der Waals surface area contributed by atoms with E-state index >= 15 is 0 Å². The predicted molar refractivity (Wildman–Crippen MR) is 126 cm³/mol. The van der Waals surface area contributed by atoms with Crippen LogP contribution in [0.4, 0.5) is 5.69 Å². The van der Waals surface area contributed by atoms with Crippen LogP contribution in [0.2, 0.25) is 5.02 Å². The van der Waals surface area contributed by atoms with Gasteiger partial charge in [0.1, 0.15) is 0 Å². The second kappa shape index (κ2) is 8.81. The molecule has 6 nitrogen and oxygen atoms in total. The first kappa shape index (κ1) is 20.3. The number of halogens is 1. The predicted octanol–water partition coefficient (Wildman–Crippen LogP) is 4.30. The molecule has 2 aliphatic heterocycles. The number of hydrogen-bond donors (Lipinski definition) is 4. The maximum absolute atomic E-state index is 6.07. The molecule has 2 aromatic carbocycles. The molecule has 2 aliphatic rings. The van der Waals surface area contributed by atoms with E-state index in [1.807, 2.05) is 24.3 Å². The van der Waals surface area contributed by atoms with Crippen LogP contribution < -0.4 is 22.0 Å². The van der Waals surface area contributed by atoms with Gasteiger partial charge >= 0.3 is 0 Å². The highest BCUT2D eigenvalue weighted by Crippen LogP contribution is 2.38. The van der Waals surface area contributed by atoms with E-state index in [0.29, 0.717) is 0 Å². The second-order valence-electron chi connectivity index (χ2n) is 7.37. The smallest absolute Gasteiger partial charge is 0.0816 e. The summed E-state index contributed by atoms with van der Waals surface area (Å²) in [6, 6.07) is 14.5. The number of allylic oxidation sites excluding steroid dienone is 2. The van der Waals surface area contributed by atoms with Gasteiger partial charge in [-0.25, -0.2) is 0 Å². The third kappa shape index (κ3) is 3.88. The van der Waals surface area contributed by atoms with E-state index in [-0.39, 0.29) is 6.04 Å². The summed E-state index contributed by atoms with van der Waals surface area (Å²) < 4.78 is 0. The van der Waals surface area contributed by atoms with E-state index in [1.54, 1.807) is 19.5 Å². The number of nitrogens with two attached hydrogens (primary N) is 1. The maximum Gasteiger partial charge on any atom is 0.0816 e. The van der Waals surface area contributed by atoms with Gasteiger partial charge in [-0.05, 0) is 54.3 Å². The van der Waals surface area contributed by atoms with Crippen LogP contribution in [0.1, 0.15) is 42.5 Å². The number of nitrogens with zero attached hydrogens (tertiary/aromatic N) is 2. The molecule has 1 atom stereocenters. The lowest BCUT2D eigenvalue weighted by atomic mass is 9.92. The minimum Gasteiger partial charge on any atom is -0.404 e. The molecule has 0 fully saturated rings. The zero-order chi connectivity index (χ0) is 21.1. The summed E-state index contributed by atoms with van der Waals surface area (Å²) in [6.07, 6.45) is 5.25. The largest absolute Gasteiger partial charge is 0.404 e. The van der Waals surface area contributed by atoms with E-state index in [9.17, 15) is 0 Å². The molecule has 0 radical (unpaired) electrons. The van der Waals surface area contributed by atoms with Crippen LogP contribution >= 0.6 is 11.6 Å². The molecule has 30 heavy (non-hydrogen) atoms. The van der Waals surface area contributed by atoms with Gasteiger partial charge in [0, 0.05) is 47.9 Å². The average molecular weight is 423 g/mol. The summed E-state index contributed by atoms with van der Waals surface area (Å²) in [5, 5.41) is 6.64. The molecule has 5 N–H and O–H groups in total. The van der Waals surface area contributed by atoms with Gasteiger partial charge in [-0.2, -0.15) is 0 Å². The van der Waals surface area contributed by atoms with Crippen molar-refractivity contribution in [2.75, 3.05) is 18.9 Å². The van der Waals surface area contributed by atoms with Crippen molar-refractivity contribution in [1.29, 1.82) is 0 Å². The Bertz CT molecular complexity index is 1010. The first-order valence-electron chi connectivity index (χ1n) is 10.2. The van der Waals surface area contributed by atoms with Crippen molar-refractivity contribution >= 4 is 34.8 Å². The summed E-state index contributed by atoms with van der Waals surface area (Å²) in [7, 11) is 1.75. The van der Waals surface area contributed by atoms with Crippen LogP contribution in [0.5, 0.6) is 0 Å². The van der Waals surface area contributed by atoms with E-state index in [4.69, 9.17) is 17.3 Å². The first-order valence-corrected chi connectivity index (χ1v) is 10.6. The van der Waals surface area contributed by atoms with E-state index in [0.717, 1.165) is 41.2 Å². The highest BCUT2D eigenvalue weighted by Gasteiger charge is 2.31. The Morgan fingerprint density at radius 2 is 2.10 bits per heavy atom. The molecule has 2 aromatic rings. The average Bonchev–Trinajstić information content (AvgIpc) is 3.12. The van der Waals surface area contributed by atoms with Gasteiger partial charge in [0.2, 0.25) is 0 Å². The minimum absolute atomic E-state index is 0.136. The van der Waals surface area contributed by atoms with E-state index < -0.39 is 0 Å². The number of aliphatic imine (C=N–C) groups is 1. The number of hydrazine groups is 2. The van der Waals surface area contributed by atoms with Gasteiger partial charge in [0.05, 0.1) is 17.4 Å². The number of benzene rings is 2. The van der Waals surface area contributed by atoms with E-state index in [1.165, 1.54) is 22.5 Å². The molecule has 0 spiro atoms. The fourth-order valence-electron chi connectivity index (χ4n) is 4.05. The van der Waals surface area contributed by atoms with Gasteiger partial charge in [-0.3, -0.25) is 10.0 Å². The van der Waals surface area contributed by atoms with Crippen molar-refractivity contribution in [3.05, 3.63) is 76.1 Å². The molecule has 4 rings (SSSR count). The Hall–Kier alpha value is -2.96. The van der Waals surface area contributed by atoms with Gasteiger partial charge in [0.15, 0.2) is 0 Å². The molecule has 0 aliphatic carbocycles. The number of anilines is 1. The molecule has 0 aromatic heterocycles. The van der Waals surface area contributed by atoms with Crippen molar-refractivity contribution < 1.29 is 0 Å². The number of nitrogens with one attached hydrogen (secondary N) is 3. The van der Waals surface area contributed by atoms with Crippen LogP contribution in [-0.2, 0) is 0 Å². The molecule has 0 saturated heterocycles. The molecular weight excluding hydrogens is 396 g/mol. The van der Waals surface area contributed by atoms with Crippen molar-refractivity contribution in [1.82, 2.24) is 16.0 Å². The van der Waals surface area contributed by atoms with Gasteiger partial charge in [0.25, 0.3) is 0 Å². The Morgan fingerprint density at radius 3 is 2.80 bits per heavy atom. The maximum atomic E-state index is 6.07. The minimum atomic E-state index is 0.136. The number of fused-ring (bicyclic) bond motifs is 3. The topological polar surface area (TPSA) is 77.7 Å². The summed E-state index contributed by atoms with van der Waals surface area (Å²) in [5.74, 6) is 0. The van der Waals surface area contributed by atoms with Crippen LogP contribution in [0.25, 0.3) is 11.3 Å². The number of hydrogen-bond acceptors (Lipinski definition) is 6. The lowest BCUT2D eigenvalue weighted by Crippen LogP contribution is -2.38. The highest BCUT2D eigenvalue weighted by molar-refractivity contribution is 6.30. The standard InChI is InChI=1S/C23H27ClN6/c1-3-21-23-19-9-4-15(16(13-25)14-26-2)12-20(19)22(10-11-30(23)29-28-21)27-18-7-5-17(24)6-8-18/h4-9,12-14,22,27-29H,3,10-11,25H2,1-2H3. The number of rotatable bonds is 5. The first-order chi connectivity index (χ1) is 14.6. The Morgan fingerprint density at radius 1 is 1.30 bits per heavy atom. The molecular formula is C23H27ClN6. The third-order valence-corrected chi connectivity index (χ3v) is 5.79. The van der Waals surface area contributed by atoms with Gasteiger partial charge < -0.3 is 16.5 Å². The van der Waals surface area contributed by atoms with Crippen molar-refractivity contribution in [2.45, 2.75) is 25.8 Å². The van der Waals surface area contributed by atoms with Crippen molar-refractivity contribution in [3.63, 3.8) is 0 Å². The molecule has 0 bridgehead atoms. The lowest BCUT2D eigenvalue weighted by molar-refractivity contribution is 0.280. The van der Waals surface area contributed by atoms with Gasteiger partial charge in [-0.15, -0.1) is 5.53 Å². The molecule has 0 saturated carbocycles.